The van der Waals surface area contributed by atoms with Crippen molar-refractivity contribution in [1.82, 2.24) is 0 Å². The molecule has 0 saturated carbocycles. The first-order chi connectivity index (χ1) is 11.7. The second-order valence-electron chi connectivity index (χ2n) is 4.85. The van der Waals surface area contributed by atoms with Crippen LogP contribution in [0.5, 0.6) is 0 Å². The number of halogens is 2. The standard InChI is InChI=1S/C14H13Cl2N3O5S/c15-9-5-10(16)7-12(6-9)25(23,24)18-14-8-11(19(21)22)1-2-13(14)17-3-4-20/h1-2,5-8,17-18,20H,3-4H2. The predicted octanol–water partition coefficient (Wildman–Crippen LogP) is 3.11. The summed E-state index contributed by atoms with van der Waals surface area (Å²) in [5.41, 5.74) is -0.0635. The third kappa shape index (κ3) is 4.95. The molecule has 25 heavy (non-hydrogen) atoms. The van der Waals surface area contributed by atoms with Gasteiger partial charge >= 0.3 is 0 Å². The minimum atomic E-state index is -4.09. The molecule has 0 aromatic heterocycles. The molecule has 2 rings (SSSR count). The van der Waals surface area contributed by atoms with Gasteiger partial charge in [0.2, 0.25) is 0 Å². The fraction of sp³-hybridized carbons (Fsp3) is 0.143. The van der Waals surface area contributed by atoms with Crippen LogP contribution in [0.2, 0.25) is 10.0 Å². The van der Waals surface area contributed by atoms with Crippen molar-refractivity contribution in [2.24, 2.45) is 0 Å². The average molecular weight is 406 g/mol. The molecule has 0 amide bonds. The van der Waals surface area contributed by atoms with E-state index < -0.39 is 14.9 Å². The highest BCUT2D eigenvalue weighted by Crippen LogP contribution is 2.30. The van der Waals surface area contributed by atoms with Crippen LogP contribution in [-0.2, 0) is 10.0 Å². The fourth-order valence-electron chi connectivity index (χ4n) is 1.96. The Morgan fingerprint density at radius 2 is 1.72 bits per heavy atom. The molecule has 0 saturated heterocycles. The topological polar surface area (TPSA) is 122 Å². The Labute approximate surface area is 153 Å². The first-order valence-corrected chi connectivity index (χ1v) is 9.09. The number of hydrogen-bond acceptors (Lipinski definition) is 6. The Morgan fingerprint density at radius 1 is 1.08 bits per heavy atom. The van der Waals surface area contributed by atoms with Gasteiger partial charge in [-0.05, 0) is 24.3 Å². The molecule has 0 bridgehead atoms. The maximum Gasteiger partial charge on any atom is 0.271 e. The zero-order valence-electron chi connectivity index (χ0n) is 12.6. The van der Waals surface area contributed by atoms with Crippen LogP contribution in [0.15, 0.2) is 41.3 Å². The van der Waals surface area contributed by atoms with Crippen molar-refractivity contribution in [3.8, 4) is 0 Å². The minimum Gasteiger partial charge on any atom is -0.395 e. The van der Waals surface area contributed by atoms with Crippen molar-refractivity contribution in [2.45, 2.75) is 4.90 Å². The van der Waals surface area contributed by atoms with Crippen molar-refractivity contribution in [1.29, 1.82) is 0 Å². The molecule has 8 nitrogen and oxygen atoms in total. The van der Waals surface area contributed by atoms with Crippen molar-refractivity contribution in [3.63, 3.8) is 0 Å². The quantitative estimate of drug-likeness (QED) is 0.480. The molecule has 11 heteroatoms. The van der Waals surface area contributed by atoms with E-state index >= 15 is 0 Å². The molecule has 0 aliphatic rings. The maximum atomic E-state index is 12.5. The van der Waals surface area contributed by atoms with Crippen LogP contribution in [-0.4, -0.2) is 31.6 Å². The lowest BCUT2D eigenvalue weighted by Gasteiger charge is -2.14. The molecule has 3 N–H and O–H groups in total. The van der Waals surface area contributed by atoms with Crippen molar-refractivity contribution >= 4 is 50.3 Å². The van der Waals surface area contributed by atoms with Crippen LogP contribution >= 0.6 is 23.2 Å². The van der Waals surface area contributed by atoms with Gasteiger partial charge in [0.25, 0.3) is 15.7 Å². The molecule has 0 aliphatic heterocycles. The van der Waals surface area contributed by atoms with E-state index in [9.17, 15) is 18.5 Å². The molecule has 2 aromatic rings. The lowest BCUT2D eigenvalue weighted by Crippen LogP contribution is -2.15. The van der Waals surface area contributed by atoms with Crippen LogP contribution in [0.1, 0.15) is 0 Å². The summed E-state index contributed by atoms with van der Waals surface area (Å²) < 4.78 is 27.3. The van der Waals surface area contributed by atoms with E-state index in [0.29, 0.717) is 0 Å². The SMILES string of the molecule is O=[N+]([O-])c1ccc(NCCO)c(NS(=O)(=O)c2cc(Cl)cc(Cl)c2)c1. The molecule has 134 valence electrons. The third-order valence-corrected chi connectivity index (χ3v) is 4.81. The summed E-state index contributed by atoms with van der Waals surface area (Å²) in [6.07, 6.45) is 0. The van der Waals surface area contributed by atoms with Gasteiger partial charge in [0, 0.05) is 28.7 Å². The summed E-state index contributed by atoms with van der Waals surface area (Å²) in [5, 5.41) is 22.9. The average Bonchev–Trinajstić information content (AvgIpc) is 2.52. The number of aliphatic hydroxyl groups is 1. The Kier molecular flexibility index (Phi) is 6.07. The van der Waals surface area contributed by atoms with Gasteiger partial charge in [0.05, 0.1) is 27.8 Å². The van der Waals surface area contributed by atoms with Gasteiger partial charge in [-0.25, -0.2) is 8.42 Å². The lowest BCUT2D eigenvalue weighted by atomic mass is 10.2. The van der Waals surface area contributed by atoms with E-state index in [-0.39, 0.29) is 45.2 Å². The van der Waals surface area contributed by atoms with Crippen LogP contribution in [0.25, 0.3) is 0 Å². The maximum absolute atomic E-state index is 12.5. The smallest absolute Gasteiger partial charge is 0.271 e. The molecule has 0 radical (unpaired) electrons. The number of hydrogen-bond donors (Lipinski definition) is 3. The van der Waals surface area contributed by atoms with Gasteiger partial charge in [-0.1, -0.05) is 23.2 Å². The van der Waals surface area contributed by atoms with Crippen molar-refractivity contribution in [3.05, 3.63) is 56.6 Å². The Balaban J connectivity index is 2.45. The Hall–Kier alpha value is -2.07. The van der Waals surface area contributed by atoms with Crippen LogP contribution in [0, 0.1) is 10.1 Å². The summed E-state index contributed by atoms with van der Waals surface area (Å²) in [7, 11) is -4.09. The zero-order chi connectivity index (χ0) is 18.6. The number of nitrogens with one attached hydrogen (secondary N) is 2. The van der Waals surface area contributed by atoms with E-state index in [1.807, 2.05) is 0 Å². The number of nitro benzene ring substituents is 1. The summed E-state index contributed by atoms with van der Waals surface area (Å²) in [6, 6.07) is 7.42. The Morgan fingerprint density at radius 3 is 2.28 bits per heavy atom. The highest BCUT2D eigenvalue weighted by atomic mass is 35.5. The van der Waals surface area contributed by atoms with E-state index in [1.54, 1.807) is 0 Å². The monoisotopic (exact) mass is 405 g/mol. The molecule has 0 heterocycles. The predicted molar refractivity (Wildman–Crippen MR) is 95.9 cm³/mol. The zero-order valence-corrected chi connectivity index (χ0v) is 14.9. The van der Waals surface area contributed by atoms with Gasteiger partial charge in [0.15, 0.2) is 0 Å². The lowest BCUT2D eigenvalue weighted by molar-refractivity contribution is -0.384. The first-order valence-electron chi connectivity index (χ1n) is 6.85. The molecule has 0 atom stereocenters. The molecule has 2 aromatic carbocycles. The van der Waals surface area contributed by atoms with Gasteiger partial charge < -0.3 is 10.4 Å². The molecular formula is C14H13Cl2N3O5S. The second kappa shape index (κ2) is 7.87. The number of sulfonamides is 1. The van der Waals surface area contributed by atoms with Crippen molar-refractivity contribution < 1.29 is 18.4 Å². The summed E-state index contributed by atoms with van der Waals surface area (Å²) in [5.74, 6) is 0. The summed E-state index contributed by atoms with van der Waals surface area (Å²) in [6.45, 7) is -0.0669. The van der Waals surface area contributed by atoms with E-state index in [0.717, 1.165) is 6.07 Å². The first kappa shape index (κ1) is 19.3. The summed E-state index contributed by atoms with van der Waals surface area (Å²) in [4.78, 5) is 10.1. The van der Waals surface area contributed by atoms with E-state index in [4.69, 9.17) is 28.3 Å². The number of nitro groups is 1. The molecule has 0 unspecified atom stereocenters. The van der Waals surface area contributed by atoms with Crippen LogP contribution < -0.4 is 10.0 Å². The largest absolute Gasteiger partial charge is 0.395 e. The number of rotatable bonds is 7. The van der Waals surface area contributed by atoms with Gasteiger partial charge in [-0.15, -0.1) is 0 Å². The molecule has 0 aliphatic carbocycles. The highest BCUT2D eigenvalue weighted by molar-refractivity contribution is 7.92. The van der Waals surface area contributed by atoms with E-state index in [1.165, 1.54) is 30.3 Å². The normalized spacial score (nSPS) is 11.2. The van der Waals surface area contributed by atoms with E-state index in [2.05, 4.69) is 10.0 Å². The fourth-order valence-corrected chi connectivity index (χ4v) is 3.76. The molecular weight excluding hydrogens is 393 g/mol. The highest BCUT2D eigenvalue weighted by Gasteiger charge is 2.19. The van der Waals surface area contributed by atoms with Crippen LogP contribution in [0.4, 0.5) is 17.1 Å². The van der Waals surface area contributed by atoms with Crippen molar-refractivity contribution in [2.75, 3.05) is 23.2 Å². The number of nitrogens with zero attached hydrogens (tertiary/aromatic N) is 1. The molecule has 0 spiro atoms. The number of benzene rings is 2. The minimum absolute atomic E-state index is 0.0428. The van der Waals surface area contributed by atoms with Gasteiger partial charge in [-0.3, -0.25) is 14.8 Å². The van der Waals surface area contributed by atoms with Gasteiger partial charge in [-0.2, -0.15) is 0 Å². The van der Waals surface area contributed by atoms with Crippen LogP contribution in [0.3, 0.4) is 0 Å². The summed E-state index contributed by atoms with van der Waals surface area (Å²) >= 11 is 11.6. The second-order valence-corrected chi connectivity index (χ2v) is 7.40. The van der Waals surface area contributed by atoms with Gasteiger partial charge in [0.1, 0.15) is 0 Å². The number of non-ortho nitro benzene ring substituents is 1. The third-order valence-electron chi connectivity index (χ3n) is 3.03. The molecule has 0 fully saturated rings. The number of anilines is 2. The Bertz CT molecular complexity index is 885. The number of aliphatic hydroxyl groups excluding tert-OH is 1.